The van der Waals surface area contributed by atoms with E-state index in [4.69, 9.17) is 5.73 Å². The minimum Gasteiger partial charge on any atom is -0.355 e. The van der Waals surface area contributed by atoms with Crippen molar-refractivity contribution in [2.24, 2.45) is 11.7 Å². The smallest absolute Gasteiger partial charge is 0.147 e. The minimum absolute atomic E-state index is 0.666. The van der Waals surface area contributed by atoms with Gasteiger partial charge < -0.3 is 10.6 Å². The van der Waals surface area contributed by atoms with Gasteiger partial charge in [0.1, 0.15) is 10.8 Å². The van der Waals surface area contributed by atoms with E-state index < -0.39 is 0 Å². The molecule has 0 saturated carbocycles. The molecule has 1 aromatic heterocycles. The predicted molar refractivity (Wildman–Crippen MR) is 96.0 cm³/mol. The Morgan fingerprint density at radius 3 is 2.61 bits per heavy atom. The van der Waals surface area contributed by atoms with Crippen LogP contribution in [-0.4, -0.2) is 29.6 Å². The maximum Gasteiger partial charge on any atom is 0.147 e. The summed E-state index contributed by atoms with van der Waals surface area (Å²) in [6, 6.07) is 8.48. The molecule has 0 spiro atoms. The topological polar surface area (TPSA) is 55.0 Å². The van der Waals surface area contributed by atoms with Crippen molar-refractivity contribution in [1.29, 1.82) is 0 Å². The van der Waals surface area contributed by atoms with E-state index in [-0.39, 0.29) is 0 Å². The van der Waals surface area contributed by atoms with Gasteiger partial charge in [-0.25, -0.2) is 9.97 Å². The quantitative estimate of drug-likeness (QED) is 0.912. The summed E-state index contributed by atoms with van der Waals surface area (Å²) in [4.78, 5) is 12.8. The number of rotatable bonds is 5. The number of aryl methyl sites for hydroxylation is 1. The predicted octanol–water partition coefficient (Wildman–Crippen LogP) is 3.37. The average Bonchev–Trinajstić information content (AvgIpc) is 2.63. The molecular weight excluding hydrogens is 304 g/mol. The lowest BCUT2D eigenvalue weighted by Gasteiger charge is -2.31. The van der Waals surface area contributed by atoms with Crippen LogP contribution in [0.4, 0.5) is 5.82 Å². The van der Waals surface area contributed by atoms with Crippen LogP contribution < -0.4 is 10.6 Å². The molecule has 4 nitrogen and oxygen atoms in total. The van der Waals surface area contributed by atoms with Crippen LogP contribution in [0.25, 0.3) is 0 Å². The van der Waals surface area contributed by atoms with Crippen LogP contribution in [0.15, 0.2) is 46.6 Å². The number of hydrogen-bond acceptors (Lipinski definition) is 5. The highest BCUT2D eigenvalue weighted by molar-refractivity contribution is 7.99. The maximum absolute atomic E-state index is 5.75. The normalized spacial score (nSPS) is 15.8. The van der Waals surface area contributed by atoms with Crippen molar-refractivity contribution < 1.29 is 0 Å². The van der Waals surface area contributed by atoms with Crippen LogP contribution in [0.2, 0.25) is 0 Å². The molecule has 2 N–H and O–H groups in total. The fourth-order valence-corrected chi connectivity index (χ4v) is 3.86. The van der Waals surface area contributed by atoms with E-state index in [1.54, 1.807) is 11.8 Å². The lowest BCUT2D eigenvalue weighted by Crippen LogP contribution is -2.36. The fraction of sp³-hybridized carbons (Fsp3) is 0.444. The van der Waals surface area contributed by atoms with Gasteiger partial charge in [-0.2, -0.15) is 0 Å². The molecule has 0 aliphatic carbocycles. The molecule has 2 aromatic rings. The molecule has 1 fully saturated rings. The lowest BCUT2D eigenvalue weighted by molar-refractivity contribution is 0.413. The van der Waals surface area contributed by atoms with Crippen molar-refractivity contribution in [3.63, 3.8) is 0 Å². The maximum atomic E-state index is 5.75. The number of hydrogen-bond donors (Lipinski definition) is 1. The van der Waals surface area contributed by atoms with Gasteiger partial charge in [-0.3, -0.25) is 0 Å². The van der Waals surface area contributed by atoms with E-state index in [0.29, 0.717) is 5.92 Å². The van der Waals surface area contributed by atoms with E-state index >= 15 is 0 Å². The summed E-state index contributed by atoms with van der Waals surface area (Å²) in [5, 5.41) is 0.950. The lowest BCUT2D eigenvalue weighted by atomic mass is 9.97. The molecule has 2 heterocycles. The molecule has 5 heteroatoms. The van der Waals surface area contributed by atoms with Gasteiger partial charge in [0, 0.05) is 18.0 Å². The summed E-state index contributed by atoms with van der Waals surface area (Å²) in [6.07, 6.45) is 7.13. The van der Waals surface area contributed by atoms with Crippen LogP contribution in [0.5, 0.6) is 0 Å². The van der Waals surface area contributed by atoms with Crippen molar-refractivity contribution in [3.05, 3.63) is 42.2 Å². The number of nitrogens with two attached hydrogens (primary N) is 1. The van der Waals surface area contributed by atoms with E-state index in [9.17, 15) is 0 Å². The summed E-state index contributed by atoms with van der Waals surface area (Å²) in [7, 11) is 0. The Morgan fingerprint density at radius 1 is 1.17 bits per heavy atom. The zero-order valence-electron chi connectivity index (χ0n) is 13.6. The zero-order valence-corrected chi connectivity index (χ0v) is 14.4. The van der Waals surface area contributed by atoms with Gasteiger partial charge in [0.05, 0.1) is 12.4 Å². The summed E-state index contributed by atoms with van der Waals surface area (Å²) < 4.78 is 0. The third-order valence-electron chi connectivity index (χ3n) is 4.45. The van der Waals surface area contributed by atoms with Crippen LogP contribution in [0.1, 0.15) is 25.3 Å². The van der Waals surface area contributed by atoms with Crippen LogP contribution in [0, 0.1) is 5.92 Å². The summed E-state index contributed by atoms with van der Waals surface area (Å²) in [5.74, 6) is 1.65. The Bertz CT molecular complexity index is 621. The Balaban J connectivity index is 1.65. The number of anilines is 1. The largest absolute Gasteiger partial charge is 0.355 e. The van der Waals surface area contributed by atoms with Gasteiger partial charge in [0.15, 0.2) is 0 Å². The van der Waals surface area contributed by atoms with Gasteiger partial charge in [-0.1, -0.05) is 36.9 Å². The van der Waals surface area contributed by atoms with Crippen molar-refractivity contribution in [2.45, 2.75) is 36.1 Å². The minimum atomic E-state index is 0.666. The van der Waals surface area contributed by atoms with Crippen molar-refractivity contribution in [2.75, 3.05) is 24.5 Å². The molecule has 1 aromatic carbocycles. The summed E-state index contributed by atoms with van der Waals surface area (Å²) in [5.41, 5.74) is 7.11. The number of benzene rings is 1. The van der Waals surface area contributed by atoms with Gasteiger partial charge in [0.2, 0.25) is 0 Å². The van der Waals surface area contributed by atoms with Crippen LogP contribution in [0.3, 0.4) is 0 Å². The Morgan fingerprint density at radius 2 is 1.96 bits per heavy atom. The van der Waals surface area contributed by atoms with Crippen molar-refractivity contribution in [1.82, 2.24) is 9.97 Å². The second-order valence-corrected chi connectivity index (χ2v) is 7.00. The van der Waals surface area contributed by atoms with Crippen LogP contribution in [-0.2, 0) is 6.42 Å². The molecule has 0 amide bonds. The first-order chi connectivity index (χ1) is 11.3. The molecule has 1 aliphatic rings. The van der Waals surface area contributed by atoms with Crippen molar-refractivity contribution >= 4 is 17.6 Å². The first-order valence-electron chi connectivity index (χ1n) is 8.33. The summed E-state index contributed by atoms with van der Waals surface area (Å²) >= 11 is 1.69. The highest BCUT2D eigenvalue weighted by Gasteiger charge is 2.19. The van der Waals surface area contributed by atoms with E-state index in [2.05, 4.69) is 46.1 Å². The van der Waals surface area contributed by atoms with E-state index in [1.165, 1.54) is 10.5 Å². The number of piperidine rings is 1. The molecule has 0 unspecified atom stereocenters. The first kappa shape index (κ1) is 16.3. The SMILES string of the molecule is CCc1ccccc1Sc1cnc(N2CCC(CN)CC2)cn1. The molecule has 1 saturated heterocycles. The van der Waals surface area contributed by atoms with Crippen LogP contribution >= 0.6 is 11.8 Å². The van der Waals surface area contributed by atoms with E-state index in [0.717, 1.165) is 49.7 Å². The van der Waals surface area contributed by atoms with Gasteiger partial charge in [0.25, 0.3) is 0 Å². The first-order valence-corrected chi connectivity index (χ1v) is 9.14. The molecule has 3 rings (SSSR count). The molecule has 0 atom stereocenters. The third kappa shape index (κ3) is 4.03. The third-order valence-corrected chi connectivity index (χ3v) is 5.49. The van der Waals surface area contributed by atoms with E-state index in [1.807, 2.05) is 12.4 Å². The molecule has 0 radical (unpaired) electrons. The second kappa shape index (κ2) is 7.79. The molecular formula is C18H24N4S. The van der Waals surface area contributed by atoms with Gasteiger partial charge in [-0.05, 0) is 43.4 Å². The number of nitrogens with zero attached hydrogens (tertiary/aromatic N) is 3. The Kier molecular flexibility index (Phi) is 5.51. The Hall–Kier alpha value is -1.59. The highest BCUT2D eigenvalue weighted by Crippen LogP contribution is 2.29. The molecule has 23 heavy (non-hydrogen) atoms. The highest BCUT2D eigenvalue weighted by atomic mass is 32.2. The van der Waals surface area contributed by atoms with Crippen molar-refractivity contribution in [3.8, 4) is 0 Å². The fourth-order valence-electron chi connectivity index (χ4n) is 2.93. The Labute approximate surface area is 142 Å². The zero-order chi connectivity index (χ0) is 16.1. The van der Waals surface area contributed by atoms with Gasteiger partial charge in [-0.15, -0.1) is 0 Å². The molecule has 1 aliphatic heterocycles. The number of aromatic nitrogens is 2. The monoisotopic (exact) mass is 328 g/mol. The molecule has 0 bridgehead atoms. The second-order valence-electron chi connectivity index (χ2n) is 5.94. The molecule has 122 valence electrons. The summed E-state index contributed by atoms with van der Waals surface area (Å²) in [6.45, 7) is 5.04. The standard InChI is InChI=1S/C18H24N4S/c1-2-15-5-3-4-6-16(15)23-18-13-20-17(12-21-18)22-9-7-14(11-19)8-10-22/h3-6,12-14H,2,7-11,19H2,1H3. The van der Waals surface area contributed by atoms with Gasteiger partial charge >= 0.3 is 0 Å². The average molecular weight is 328 g/mol.